The van der Waals surface area contributed by atoms with Gasteiger partial charge in [-0.15, -0.1) is 0 Å². The summed E-state index contributed by atoms with van der Waals surface area (Å²) in [4.78, 5) is 0. The maximum Gasteiger partial charge on any atom is 0.0406 e. The fourth-order valence-electron chi connectivity index (χ4n) is 0.859. The molecule has 2 aromatic carbocycles. The summed E-state index contributed by atoms with van der Waals surface area (Å²) in [6, 6.07) is 15.9. The Hall–Kier alpha value is 0.670. The zero-order chi connectivity index (χ0) is 12.0. The van der Waals surface area contributed by atoms with Crippen molar-refractivity contribution in [1.29, 1.82) is 0 Å². The minimum absolute atomic E-state index is 0.797. The fraction of sp³-hybridized carbons (Fsp3) is 0. The minimum atomic E-state index is 0.797. The summed E-state index contributed by atoms with van der Waals surface area (Å²) in [7, 11) is 0. The summed E-state index contributed by atoms with van der Waals surface area (Å²) >= 11 is 13.5. The largest absolute Gasteiger partial charge is 0.0843 e. The van der Waals surface area contributed by atoms with Crippen LogP contribution in [0.2, 0.25) is 5.02 Å². The first-order valence-electron chi connectivity index (χ1n) is 4.40. The average molecular weight is 521 g/mol. The molecule has 0 bridgehead atoms. The van der Waals surface area contributed by atoms with Crippen molar-refractivity contribution in [2.45, 2.75) is 0 Å². The Balaban J connectivity index is 0.000000160. The zero-order valence-electron chi connectivity index (χ0n) is 8.13. The van der Waals surface area contributed by atoms with Gasteiger partial charge in [0.05, 0.1) is 0 Å². The van der Waals surface area contributed by atoms with Crippen molar-refractivity contribution >= 4 is 72.7 Å². The molecule has 0 spiro atoms. The van der Waals surface area contributed by atoms with E-state index in [-0.39, 0.29) is 0 Å². The lowest BCUT2D eigenvalue weighted by molar-refractivity contribution is 1.60. The predicted molar refractivity (Wildman–Crippen MR) is 91.0 cm³/mol. The van der Waals surface area contributed by atoms with Gasteiger partial charge in [0, 0.05) is 16.6 Å². The van der Waals surface area contributed by atoms with Crippen molar-refractivity contribution in [3.05, 3.63) is 65.2 Å². The molecule has 0 aromatic heterocycles. The van der Waals surface area contributed by atoms with Crippen molar-refractivity contribution < 1.29 is 0 Å². The summed E-state index contributed by atoms with van der Waals surface area (Å²) < 4.78 is 3.62. The molecule has 0 amide bonds. The van der Waals surface area contributed by atoms with Crippen LogP contribution in [0.25, 0.3) is 0 Å². The molecule has 16 heavy (non-hydrogen) atoms. The lowest BCUT2D eigenvalue weighted by atomic mass is 10.4. The summed E-state index contributed by atoms with van der Waals surface area (Å²) in [6.07, 6.45) is 0. The second kappa shape index (κ2) is 7.89. The van der Waals surface area contributed by atoms with E-state index in [2.05, 4.69) is 73.2 Å². The van der Waals surface area contributed by atoms with Gasteiger partial charge in [0.15, 0.2) is 0 Å². The van der Waals surface area contributed by atoms with E-state index in [1.807, 2.05) is 36.4 Å². The van der Waals surface area contributed by atoms with Crippen LogP contribution < -0.4 is 0 Å². The van der Waals surface area contributed by atoms with Crippen LogP contribution in [-0.2, 0) is 0 Å². The Morgan fingerprint density at radius 1 is 0.750 bits per heavy atom. The van der Waals surface area contributed by atoms with Gasteiger partial charge in [0.2, 0.25) is 0 Å². The third-order valence-electron chi connectivity index (χ3n) is 1.61. The van der Waals surface area contributed by atoms with E-state index in [1.165, 1.54) is 7.14 Å². The maximum atomic E-state index is 5.61. The Morgan fingerprint density at radius 3 is 1.44 bits per heavy atom. The van der Waals surface area contributed by atoms with Crippen molar-refractivity contribution in [2.24, 2.45) is 0 Å². The first-order valence-corrected chi connectivity index (χ1v) is 7.73. The van der Waals surface area contributed by atoms with E-state index in [0.717, 1.165) is 9.50 Å². The molecule has 0 aliphatic rings. The molecule has 0 atom stereocenters. The van der Waals surface area contributed by atoms with Crippen LogP contribution in [0.3, 0.4) is 0 Å². The third-order valence-corrected chi connectivity index (χ3v) is 3.83. The molecule has 0 aliphatic heterocycles. The van der Waals surface area contributed by atoms with Gasteiger partial charge >= 0.3 is 0 Å². The molecule has 4 heteroatoms. The lowest BCUT2D eigenvalue weighted by Gasteiger charge is -1.86. The number of halogens is 4. The highest BCUT2D eigenvalue weighted by atomic mass is 127. The summed E-state index contributed by atoms with van der Waals surface area (Å²) in [5.41, 5.74) is 0. The highest BCUT2D eigenvalue weighted by Crippen LogP contribution is 2.11. The molecule has 2 rings (SSSR count). The van der Waals surface area contributed by atoms with Gasteiger partial charge in [-0.25, -0.2) is 0 Å². The van der Waals surface area contributed by atoms with Crippen molar-refractivity contribution in [2.75, 3.05) is 0 Å². The van der Waals surface area contributed by atoms with Gasteiger partial charge < -0.3 is 0 Å². The van der Waals surface area contributed by atoms with Gasteiger partial charge in [0.25, 0.3) is 0 Å². The first-order chi connectivity index (χ1) is 7.58. The second-order valence-corrected chi connectivity index (χ2v) is 6.72. The molecule has 0 saturated carbocycles. The number of benzene rings is 2. The molecule has 0 N–H and O–H groups in total. The second-order valence-electron chi connectivity index (χ2n) is 2.87. The van der Waals surface area contributed by atoms with E-state index in [1.54, 1.807) is 0 Å². The Kier molecular flexibility index (Phi) is 7.27. The SMILES string of the molecule is Brc1ccc(I)cc1.Clc1ccc(I)cc1. The van der Waals surface area contributed by atoms with Gasteiger partial charge in [-0.3, -0.25) is 0 Å². The standard InChI is InChI=1S/C6H4BrI.C6H4ClI/c2*7-5-1-3-6(8)4-2-5/h2*1-4H. The monoisotopic (exact) mass is 520 g/mol. The zero-order valence-corrected chi connectivity index (χ0v) is 14.8. The number of rotatable bonds is 0. The molecule has 0 radical (unpaired) electrons. The van der Waals surface area contributed by atoms with Gasteiger partial charge in [0.1, 0.15) is 0 Å². The van der Waals surface area contributed by atoms with Crippen molar-refractivity contribution in [3.63, 3.8) is 0 Å². The van der Waals surface area contributed by atoms with Crippen LogP contribution in [-0.4, -0.2) is 0 Å². The van der Waals surface area contributed by atoms with Crippen molar-refractivity contribution in [1.82, 2.24) is 0 Å². The van der Waals surface area contributed by atoms with Crippen molar-refractivity contribution in [3.8, 4) is 0 Å². The number of hydrogen-bond donors (Lipinski definition) is 0. The highest BCUT2D eigenvalue weighted by Gasteiger charge is 1.83. The molecule has 0 saturated heterocycles. The highest BCUT2D eigenvalue weighted by molar-refractivity contribution is 14.1. The van der Waals surface area contributed by atoms with Gasteiger partial charge in [-0.05, 0) is 93.7 Å². The summed E-state index contributed by atoms with van der Waals surface area (Å²) in [6.45, 7) is 0. The van der Waals surface area contributed by atoms with Crippen LogP contribution in [0.5, 0.6) is 0 Å². The van der Waals surface area contributed by atoms with Crippen LogP contribution in [0.1, 0.15) is 0 Å². The van der Waals surface area contributed by atoms with E-state index in [0.29, 0.717) is 0 Å². The fourth-order valence-corrected chi connectivity index (χ4v) is 1.97. The number of hydrogen-bond acceptors (Lipinski definition) is 0. The van der Waals surface area contributed by atoms with Gasteiger partial charge in [-0.1, -0.05) is 27.5 Å². The van der Waals surface area contributed by atoms with Crippen LogP contribution in [0.15, 0.2) is 53.0 Å². The topological polar surface area (TPSA) is 0 Å². The maximum absolute atomic E-state index is 5.61. The van der Waals surface area contributed by atoms with Gasteiger partial charge in [-0.2, -0.15) is 0 Å². The van der Waals surface area contributed by atoms with E-state index >= 15 is 0 Å². The van der Waals surface area contributed by atoms with Crippen LogP contribution in [0, 0.1) is 7.14 Å². The molecule has 0 unspecified atom stereocenters. The molecule has 0 aliphatic carbocycles. The summed E-state index contributed by atoms with van der Waals surface area (Å²) in [5.74, 6) is 0. The molecular formula is C12H8BrClI2. The molecule has 84 valence electrons. The molecule has 2 aromatic rings. The Labute approximate surface area is 136 Å². The van der Waals surface area contributed by atoms with Crippen LogP contribution >= 0.6 is 72.7 Å². The smallest absolute Gasteiger partial charge is 0.0406 e. The predicted octanol–water partition coefficient (Wildman–Crippen LogP) is 6.00. The Morgan fingerprint density at radius 2 is 1.12 bits per heavy atom. The average Bonchev–Trinajstić information content (AvgIpc) is 2.28. The lowest BCUT2D eigenvalue weighted by Crippen LogP contribution is -1.65. The quantitative estimate of drug-likeness (QED) is 0.374. The first kappa shape index (κ1) is 14.7. The van der Waals surface area contributed by atoms with E-state index in [9.17, 15) is 0 Å². The molecule has 0 nitrogen and oxygen atoms in total. The minimum Gasteiger partial charge on any atom is -0.0843 e. The van der Waals surface area contributed by atoms with Crippen LogP contribution in [0.4, 0.5) is 0 Å². The van der Waals surface area contributed by atoms with E-state index < -0.39 is 0 Å². The normalized spacial score (nSPS) is 9.25. The molecular weight excluding hydrogens is 513 g/mol. The van der Waals surface area contributed by atoms with E-state index in [4.69, 9.17) is 11.6 Å². The molecule has 0 heterocycles. The Bertz CT molecular complexity index is 340. The molecule has 0 fully saturated rings. The third kappa shape index (κ3) is 6.42. The summed E-state index contributed by atoms with van der Waals surface area (Å²) in [5, 5.41) is 0.797.